The van der Waals surface area contributed by atoms with Crippen LogP contribution in [-0.2, 0) is 0 Å². The van der Waals surface area contributed by atoms with Crippen LogP contribution >= 0.6 is 0 Å². The fourth-order valence-corrected chi connectivity index (χ4v) is 2.94. The van der Waals surface area contributed by atoms with E-state index in [1.165, 1.54) is 0 Å². The molecule has 0 aromatic carbocycles. The van der Waals surface area contributed by atoms with Crippen LogP contribution in [-0.4, -0.2) is 34.5 Å². The molecule has 18 heavy (non-hydrogen) atoms. The lowest BCUT2D eigenvalue weighted by Gasteiger charge is -2.19. The van der Waals surface area contributed by atoms with Crippen LogP contribution in [0.15, 0.2) is 0 Å². The van der Waals surface area contributed by atoms with Crippen LogP contribution in [0.4, 0.5) is 0 Å². The van der Waals surface area contributed by atoms with Gasteiger partial charge in [0.25, 0.3) is 0 Å². The van der Waals surface area contributed by atoms with E-state index in [1.54, 1.807) is 0 Å². The minimum atomic E-state index is -0.156. The molecule has 3 heteroatoms. The van der Waals surface area contributed by atoms with Crippen LogP contribution in [0.2, 0.25) is 0 Å². The first kappa shape index (κ1) is 15.9. The summed E-state index contributed by atoms with van der Waals surface area (Å²) in [7, 11) is 0. The van der Waals surface area contributed by atoms with Crippen LogP contribution in [0, 0.1) is 0 Å². The first-order valence-corrected chi connectivity index (χ1v) is 7.77. The second-order valence-electron chi connectivity index (χ2n) is 5.85. The number of rotatable bonds is 9. The topological polar surface area (TPSA) is 52.5 Å². The SMILES string of the molecule is CCCCC(O)CC1CCC(CC(O)CCC)N1. The standard InChI is InChI=1S/C15H31NO2/c1-3-5-7-15(18)11-13-9-8-12(16-13)10-14(17)6-4-2/h12-18H,3-11H2,1-2H3. The van der Waals surface area contributed by atoms with Gasteiger partial charge in [0, 0.05) is 12.1 Å². The Morgan fingerprint density at radius 3 is 2.00 bits per heavy atom. The Morgan fingerprint density at radius 1 is 0.944 bits per heavy atom. The number of aliphatic hydroxyl groups excluding tert-OH is 2. The van der Waals surface area contributed by atoms with E-state index in [4.69, 9.17) is 0 Å². The second kappa shape index (κ2) is 8.89. The van der Waals surface area contributed by atoms with Crippen molar-refractivity contribution >= 4 is 0 Å². The van der Waals surface area contributed by atoms with Crippen LogP contribution in [0.3, 0.4) is 0 Å². The summed E-state index contributed by atoms with van der Waals surface area (Å²) in [5.74, 6) is 0. The molecule has 1 aliphatic heterocycles. The smallest absolute Gasteiger partial charge is 0.0555 e. The third-order valence-electron chi connectivity index (χ3n) is 3.96. The fourth-order valence-electron chi connectivity index (χ4n) is 2.94. The highest BCUT2D eigenvalue weighted by Crippen LogP contribution is 2.21. The molecular weight excluding hydrogens is 226 g/mol. The summed E-state index contributed by atoms with van der Waals surface area (Å²) in [5, 5.41) is 23.3. The van der Waals surface area contributed by atoms with Crippen LogP contribution in [0.1, 0.15) is 71.6 Å². The molecule has 1 rings (SSSR count). The molecule has 4 unspecified atom stereocenters. The van der Waals surface area contributed by atoms with Crippen molar-refractivity contribution in [3.8, 4) is 0 Å². The van der Waals surface area contributed by atoms with Gasteiger partial charge in [0.1, 0.15) is 0 Å². The predicted octanol–water partition coefficient (Wildman–Crippen LogP) is 2.60. The Kier molecular flexibility index (Phi) is 7.87. The van der Waals surface area contributed by atoms with Crippen molar-refractivity contribution in [1.29, 1.82) is 0 Å². The monoisotopic (exact) mass is 257 g/mol. The van der Waals surface area contributed by atoms with E-state index in [-0.39, 0.29) is 12.2 Å². The van der Waals surface area contributed by atoms with Crippen molar-refractivity contribution < 1.29 is 10.2 Å². The number of aliphatic hydroxyl groups is 2. The van der Waals surface area contributed by atoms with Crippen LogP contribution in [0.5, 0.6) is 0 Å². The van der Waals surface area contributed by atoms with Crippen molar-refractivity contribution in [1.82, 2.24) is 5.32 Å². The first-order chi connectivity index (χ1) is 8.65. The highest BCUT2D eigenvalue weighted by Gasteiger charge is 2.26. The molecule has 3 nitrogen and oxygen atoms in total. The van der Waals surface area contributed by atoms with Crippen molar-refractivity contribution in [3.63, 3.8) is 0 Å². The molecule has 1 fully saturated rings. The maximum Gasteiger partial charge on any atom is 0.0555 e. The van der Waals surface area contributed by atoms with Gasteiger partial charge in [0.15, 0.2) is 0 Å². The van der Waals surface area contributed by atoms with Gasteiger partial charge in [-0.05, 0) is 38.5 Å². The summed E-state index contributed by atoms with van der Waals surface area (Å²) >= 11 is 0. The van der Waals surface area contributed by atoms with E-state index in [0.29, 0.717) is 12.1 Å². The van der Waals surface area contributed by atoms with E-state index >= 15 is 0 Å². The Labute approximate surface area is 112 Å². The highest BCUT2D eigenvalue weighted by atomic mass is 16.3. The average Bonchev–Trinajstić information content (AvgIpc) is 2.74. The van der Waals surface area contributed by atoms with Crippen LogP contribution in [0.25, 0.3) is 0 Å². The van der Waals surface area contributed by atoms with Crippen molar-refractivity contribution in [2.75, 3.05) is 0 Å². The van der Waals surface area contributed by atoms with E-state index < -0.39 is 0 Å². The van der Waals surface area contributed by atoms with E-state index in [0.717, 1.165) is 57.8 Å². The highest BCUT2D eigenvalue weighted by molar-refractivity contribution is 4.86. The average molecular weight is 257 g/mol. The zero-order valence-corrected chi connectivity index (χ0v) is 12.1. The minimum Gasteiger partial charge on any atom is -0.393 e. The van der Waals surface area contributed by atoms with Gasteiger partial charge in [-0.2, -0.15) is 0 Å². The zero-order chi connectivity index (χ0) is 13.4. The van der Waals surface area contributed by atoms with Gasteiger partial charge in [-0.25, -0.2) is 0 Å². The van der Waals surface area contributed by atoms with E-state index in [2.05, 4.69) is 19.2 Å². The summed E-state index contributed by atoms with van der Waals surface area (Å²) < 4.78 is 0. The van der Waals surface area contributed by atoms with Gasteiger partial charge in [0.05, 0.1) is 12.2 Å². The van der Waals surface area contributed by atoms with Gasteiger partial charge in [0.2, 0.25) is 0 Å². The molecule has 0 saturated carbocycles. The minimum absolute atomic E-state index is 0.151. The molecule has 0 aliphatic carbocycles. The predicted molar refractivity (Wildman–Crippen MR) is 75.6 cm³/mol. The van der Waals surface area contributed by atoms with Gasteiger partial charge < -0.3 is 15.5 Å². The molecule has 0 radical (unpaired) electrons. The molecule has 0 bridgehead atoms. The molecule has 1 saturated heterocycles. The Balaban J connectivity index is 2.16. The summed E-state index contributed by atoms with van der Waals surface area (Å²) in [6.07, 6.45) is 8.88. The fraction of sp³-hybridized carbons (Fsp3) is 1.00. The van der Waals surface area contributed by atoms with Gasteiger partial charge >= 0.3 is 0 Å². The van der Waals surface area contributed by atoms with E-state index in [1.807, 2.05) is 0 Å². The molecule has 1 aliphatic rings. The molecule has 3 N–H and O–H groups in total. The molecule has 0 aromatic rings. The van der Waals surface area contributed by atoms with Crippen molar-refractivity contribution in [2.24, 2.45) is 0 Å². The zero-order valence-electron chi connectivity index (χ0n) is 12.1. The summed E-state index contributed by atoms with van der Waals surface area (Å²) in [5.41, 5.74) is 0. The molecule has 0 spiro atoms. The lowest BCUT2D eigenvalue weighted by molar-refractivity contribution is 0.132. The molecule has 108 valence electrons. The quantitative estimate of drug-likeness (QED) is 0.595. The third-order valence-corrected chi connectivity index (χ3v) is 3.96. The lowest BCUT2D eigenvalue weighted by Crippen LogP contribution is -2.34. The number of hydrogen-bond donors (Lipinski definition) is 3. The van der Waals surface area contributed by atoms with Gasteiger partial charge in [-0.3, -0.25) is 0 Å². The van der Waals surface area contributed by atoms with Crippen molar-refractivity contribution in [2.45, 2.75) is 95.9 Å². The largest absolute Gasteiger partial charge is 0.393 e. The molecule has 1 heterocycles. The molecule has 0 aromatic heterocycles. The Bertz CT molecular complexity index is 211. The Morgan fingerprint density at radius 2 is 1.50 bits per heavy atom. The van der Waals surface area contributed by atoms with Gasteiger partial charge in [-0.1, -0.05) is 33.1 Å². The summed E-state index contributed by atoms with van der Waals surface area (Å²) in [4.78, 5) is 0. The van der Waals surface area contributed by atoms with Crippen LogP contribution < -0.4 is 5.32 Å². The number of nitrogens with one attached hydrogen (secondary N) is 1. The van der Waals surface area contributed by atoms with Gasteiger partial charge in [-0.15, -0.1) is 0 Å². The third kappa shape index (κ3) is 6.17. The maximum absolute atomic E-state index is 9.90. The maximum atomic E-state index is 9.90. The second-order valence-corrected chi connectivity index (χ2v) is 5.85. The lowest BCUT2D eigenvalue weighted by atomic mass is 10.0. The number of hydrogen-bond acceptors (Lipinski definition) is 3. The molecular formula is C15H31NO2. The molecule has 4 atom stereocenters. The Hall–Kier alpha value is -0.120. The number of unbranched alkanes of at least 4 members (excludes halogenated alkanes) is 1. The van der Waals surface area contributed by atoms with E-state index in [9.17, 15) is 10.2 Å². The van der Waals surface area contributed by atoms with Crippen molar-refractivity contribution in [3.05, 3.63) is 0 Å². The normalized spacial score (nSPS) is 27.3. The summed E-state index contributed by atoms with van der Waals surface area (Å²) in [6.45, 7) is 4.27. The molecule has 0 amide bonds. The first-order valence-electron chi connectivity index (χ1n) is 7.77. The summed E-state index contributed by atoms with van der Waals surface area (Å²) in [6, 6.07) is 0.908.